The van der Waals surface area contributed by atoms with E-state index in [1.54, 1.807) is 22.2 Å². The number of carbonyl (C=O) groups is 2. The number of hydrogen-bond acceptors (Lipinski definition) is 9. The fourth-order valence-electron chi connectivity index (χ4n) is 6.33. The van der Waals surface area contributed by atoms with Gasteiger partial charge in [-0.3, -0.25) is 19.1 Å². The van der Waals surface area contributed by atoms with Crippen LogP contribution in [-0.2, 0) is 32.3 Å². The Bertz CT molecular complexity index is 1700. The lowest BCUT2D eigenvalue weighted by molar-refractivity contribution is -0.144. The fourth-order valence-corrected chi connectivity index (χ4v) is 6.68. The Balaban J connectivity index is 1.18. The number of anilines is 2. The summed E-state index contributed by atoms with van der Waals surface area (Å²) in [5.41, 5.74) is 3.12. The summed E-state index contributed by atoms with van der Waals surface area (Å²) in [5, 5.41) is 5.11. The first-order valence-electron chi connectivity index (χ1n) is 16.3. The summed E-state index contributed by atoms with van der Waals surface area (Å²) >= 11 is 0. The first-order chi connectivity index (χ1) is 23.4. The van der Waals surface area contributed by atoms with E-state index in [9.17, 15) is 31.2 Å². The van der Waals surface area contributed by atoms with Gasteiger partial charge in [-0.25, -0.2) is 9.97 Å². The Morgan fingerprint density at radius 1 is 0.939 bits per heavy atom. The second kappa shape index (κ2) is 15.9. The van der Waals surface area contributed by atoms with Crippen LogP contribution in [0, 0.1) is 5.92 Å². The summed E-state index contributed by atoms with van der Waals surface area (Å²) in [6, 6.07) is 12.7. The van der Waals surface area contributed by atoms with Crippen molar-refractivity contribution in [1.29, 1.82) is 0 Å². The molecule has 4 heterocycles. The number of piperidine rings is 1. The third-order valence-corrected chi connectivity index (χ3v) is 9.37. The number of nitrogens with one attached hydrogen (secondary N) is 2. The first kappa shape index (κ1) is 36.0. The zero-order valence-electron chi connectivity index (χ0n) is 26.9. The highest BCUT2D eigenvalue weighted by Crippen LogP contribution is 2.34. The molecule has 49 heavy (non-hydrogen) atoms. The number of alkyl halides is 3. The van der Waals surface area contributed by atoms with Gasteiger partial charge in [-0.05, 0) is 79.7 Å². The highest BCUT2D eigenvalue weighted by atomic mass is 32.2. The molecule has 12 nitrogen and oxygen atoms in total. The second-order valence-corrected chi connectivity index (χ2v) is 13.8. The largest absolute Gasteiger partial charge is 0.451 e. The monoisotopic (exact) mass is 703 g/mol. The molecule has 0 unspecified atom stereocenters. The summed E-state index contributed by atoms with van der Waals surface area (Å²) in [5.74, 6) is -2.37. The van der Waals surface area contributed by atoms with Gasteiger partial charge >= 0.3 is 6.18 Å². The van der Waals surface area contributed by atoms with Crippen LogP contribution in [0.25, 0.3) is 11.1 Å². The van der Waals surface area contributed by atoms with E-state index in [1.807, 2.05) is 30.3 Å². The molecule has 2 amide bonds. The fraction of sp³-hybridized carbons (Fsp3) is 0.485. The van der Waals surface area contributed by atoms with Crippen LogP contribution in [0.15, 0.2) is 54.9 Å². The van der Waals surface area contributed by atoms with Crippen molar-refractivity contribution in [2.75, 3.05) is 41.9 Å². The third-order valence-electron chi connectivity index (χ3n) is 8.86. The maximum absolute atomic E-state index is 14.0. The molecule has 16 heteroatoms. The Morgan fingerprint density at radius 3 is 2.39 bits per heavy atom. The van der Waals surface area contributed by atoms with Gasteiger partial charge in [0.1, 0.15) is 23.6 Å². The van der Waals surface area contributed by atoms with Gasteiger partial charge in [0.2, 0.25) is 17.6 Å². The summed E-state index contributed by atoms with van der Waals surface area (Å²) in [4.78, 5) is 40.4. The zero-order chi connectivity index (χ0) is 35.0. The lowest BCUT2D eigenvalue weighted by Gasteiger charge is -2.34. The van der Waals surface area contributed by atoms with Gasteiger partial charge in [-0.15, -0.1) is 0 Å². The highest BCUT2D eigenvalue weighted by Gasteiger charge is 2.39. The van der Waals surface area contributed by atoms with Crippen LogP contribution >= 0.6 is 0 Å². The maximum atomic E-state index is 14.0. The van der Waals surface area contributed by atoms with Crippen molar-refractivity contribution in [2.45, 2.75) is 63.6 Å². The predicted octanol–water partition coefficient (Wildman–Crippen LogP) is 4.23. The standard InChI is InChI=1S/C33H40F3N7O5S/c34-33(35,36)32-40-28(42-18-12-23(13-19-42)4-2-8-30(44)39-22-49(46,47)48)21-29(41-32)43-17-3-7-27(43)31(45)38-16-9-24-5-1-6-26(20-24)25-10-14-37-15-11-25/h1,5-6,10-11,14-15,20-21,23,27H,2-4,7-9,12-13,16-19,22H2,(H,38,45)(H,39,44)(H,46,47,48)/t27-/m0/s1. The third kappa shape index (κ3) is 10.3. The van der Waals surface area contributed by atoms with Gasteiger partial charge in [-0.1, -0.05) is 24.3 Å². The molecule has 0 spiro atoms. The number of nitrogens with zero attached hydrogens (tertiary/aromatic N) is 5. The lowest BCUT2D eigenvalue weighted by Crippen LogP contribution is -2.44. The van der Waals surface area contributed by atoms with Crippen molar-refractivity contribution in [3.8, 4) is 11.1 Å². The van der Waals surface area contributed by atoms with E-state index in [0.29, 0.717) is 71.1 Å². The average Bonchev–Trinajstić information content (AvgIpc) is 3.58. The number of carbonyl (C=O) groups excluding carboxylic acids is 2. The van der Waals surface area contributed by atoms with Gasteiger partial charge in [-0.2, -0.15) is 21.6 Å². The molecule has 2 fully saturated rings. The Hall–Kier alpha value is -4.31. The molecule has 2 aromatic heterocycles. The van der Waals surface area contributed by atoms with Crippen molar-refractivity contribution in [1.82, 2.24) is 25.6 Å². The van der Waals surface area contributed by atoms with Crippen LogP contribution in [-0.4, -0.2) is 77.8 Å². The van der Waals surface area contributed by atoms with Crippen molar-refractivity contribution in [3.05, 3.63) is 66.2 Å². The molecule has 5 rings (SSSR count). The number of rotatable bonds is 13. The Kier molecular flexibility index (Phi) is 11.7. The van der Waals surface area contributed by atoms with Gasteiger partial charge < -0.3 is 20.4 Å². The summed E-state index contributed by atoms with van der Waals surface area (Å²) in [6.45, 7) is 1.68. The van der Waals surface area contributed by atoms with E-state index in [0.717, 1.165) is 16.7 Å². The molecule has 1 atom stereocenters. The van der Waals surface area contributed by atoms with Gasteiger partial charge in [0, 0.05) is 51.1 Å². The SMILES string of the molecule is O=C(CCCC1CCN(c2cc(N3CCC[C@H]3C(=O)NCCc3cccc(-c4ccncc4)c3)nc(C(F)(F)F)n2)CC1)NCS(=O)(=O)O. The molecule has 3 aromatic rings. The number of halogens is 3. The molecular weight excluding hydrogens is 663 g/mol. The lowest BCUT2D eigenvalue weighted by atomic mass is 9.91. The molecule has 0 saturated carbocycles. The molecule has 0 radical (unpaired) electrons. The highest BCUT2D eigenvalue weighted by molar-refractivity contribution is 7.85. The molecule has 0 aliphatic carbocycles. The van der Waals surface area contributed by atoms with E-state index in [2.05, 4.69) is 31.7 Å². The first-order valence-corrected chi connectivity index (χ1v) is 17.9. The second-order valence-electron chi connectivity index (χ2n) is 12.4. The zero-order valence-corrected chi connectivity index (χ0v) is 27.7. The van der Waals surface area contributed by atoms with Crippen molar-refractivity contribution in [2.24, 2.45) is 5.92 Å². The molecule has 1 aromatic carbocycles. The van der Waals surface area contributed by atoms with Gasteiger partial charge in [0.25, 0.3) is 10.1 Å². The number of aromatic nitrogens is 3. The molecule has 2 aliphatic rings. The molecule has 264 valence electrons. The number of hydrogen-bond donors (Lipinski definition) is 3. The van der Waals surface area contributed by atoms with Crippen molar-refractivity contribution in [3.63, 3.8) is 0 Å². The van der Waals surface area contributed by atoms with Crippen LogP contribution in [0.2, 0.25) is 0 Å². The molecule has 2 saturated heterocycles. The molecule has 3 N–H and O–H groups in total. The van der Waals surface area contributed by atoms with Crippen LogP contribution in [0.3, 0.4) is 0 Å². The smallest absolute Gasteiger partial charge is 0.356 e. The van der Waals surface area contributed by atoms with Crippen molar-refractivity contribution >= 4 is 33.6 Å². The minimum Gasteiger partial charge on any atom is -0.356 e. The number of benzene rings is 1. The van der Waals surface area contributed by atoms with E-state index in [1.165, 1.54) is 6.07 Å². The summed E-state index contributed by atoms with van der Waals surface area (Å²) < 4.78 is 72.3. The van der Waals surface area contributed by atoms with E-state index in [-0.39, 0.29) is 29.9 Å². The minimum absolute atomic E-state index is 0.0676. The van der Waals surface area contributed by atoms with Crippen LogP contribution in [0.4, 0.5) is 24.8 Å². The number of amides is 2. The van der Waals surface area contributed by atoms with Gasteiger partial charge in [0.05, 0.1) is 0 Å². The Labute approximate surface area is 283 Å². The molecular formula is C33H40F3N7O5S. The average molecular weight is 704 g/mol. The normalized spacial score (nSPS) is 17.3. The number of pyridine rings is 1. The van der Waals surface area contributed by atoms with Crippen LogP contribution in [0.5, 0.6) is 0 Å². The van der Waals surface area contributed by atoms with Crippen molar-refractivity contribution < 1.29 is 35.7 Å². The van der Waals surface area contributed by atoms with Crippen LogP contribution < -0.4 is 20.4 Å². The summed E-state index contributed by atoms with van der Waals surface area (Å²) in [6.07, 6.45) is 3.04. The predicted molar refractivity (Wildman–Crippen MR) is 177 cm³/mol. The minimum atomic E-state index is -4.78. The Morgan fingerprint density at radius 2 is 1.67 bits per heavy atom. The topological polar surface area (TPSA) is 158 Å². The molecule has 2 aliphatic heterocycles. The molecule has 0 bridgehead atoms. The van der Waals surface area contributed by atoms with E-state index >= 15 is 0 Å². The van der Waals surface area contributed by atoms with Gasteiger partial charge in [0.15, 0.2) is 0 Å². The van der Waals surface area contributed by atoms with E-state index in [4.69, 9.17) is 4.55 Å². The maximum Gasteiger partial charge on any atom is 0.451 e. The summed E-state index contributed by atoms with van der Waals surface area (Å²) in [7, 11) is -4.29. The van der Waals surface area contributed by atoms with E-state index < -0.39 is 39.9 Å². The quantitative estimate of drug-likeness (QED) is 0.220. The van der Waals surface area contributed by atoms with Crippen LogP contribution in [0.1, 0.15) is 56.3 Å².